The molecule has 132 valence electrons. The minimum absolute atomic E-state index is 0.158. The van der Waals surface area contributed by atoms with Gasteiger partial charge in [0.2, 0.25) is 0 Å². The lowest BCUT2D eigenvalue weighted by molar-refractivity contribution is 0.0954. The van der Waals surface area contributed by atoms with Gasteiger partial charge in [0.25, 0.3) is 5.91 Å². The van der Waals surface area contributed by atoms with Crippen LogP contribution in [0.4, 0.5) is 4.79 Å². The van der Waals surface area contributed by atoms with Crippen LogP contribution < -0.4 is 16.0 Å². The van der Waals surface area contributed by atoms with E-state index in [0.29, 0.717) is 23.7 Å². The van der Waals surface area contributed by atoms with Gasteiger partial charge in [0.15, 0.2) is 0 Å². The van der Waals surface area contributed by atoms with Gasteiger partial charge >= 0.3 is 6.03 Å². The molecule has 0 radical (unpaired) electrons. The fraction of sp³-hybridized carbons (Fsp3) is 0.263. The molecule has 2 aromatic rings. The molecule has 3 amide bonds. The molecule has 5 nitrogen and oxygen atoms in total. The van der Waals surface area contributed by atoms with Gasteiger partial charge in [-0.2, -0.15) is 0 Å². The highest BCUT2D eigenvalue weighted by molar-refractivity contribution is 6.30. The SMILES string of the molecule is Cc1ccc(C(=O)NCCNC(=O)NC(C)c2cccc(Cl)c2)cc1. The molecule has 0 aliphatic heterocycles. The fourth-order valence-corrected chi connectivity index (χ4v) is 2.46. The number of urea groups is 1. The maximum Gasteiger partial charge on any atom is 0.315 e. The lowest BCUT2D eigenvalue weighted by Gasteiger charge is -2.15. The summed E-state index contributed by atoms with van der Waals surface area (Å²) in [6, 6.07) is 14.2. The molecule has 0 saturated heterocycles. The molecule has 25 heavy (non-hydrogen) atoms. The van der Waals surface area contributed by atoms with Crippen molar-refractivity contribution in [2.24, 2.45) is 0 Å². The molecule has 0 bridgehead atoms. The van der Waals surface area contributed by atoms with Crippen molar-refractivity contribution in [3.05, 3.63) is 70.2 Å². The van der Waals surface area contributed by atoms with Crippen molar-refractivity contribution in [3.8, 4) is 0 Å². The largest absolute Gasteiger partial charge is 0.350 e. The number of benzene rings is 2. The van der Waals surface area contributed by atoms with Gasteiger partial charge in [0, 0.05) is 23.7 Å². The number of hydrogen-bond acceptors (Lipinski definition) is 2. The lowest BCUT2D eigenvalue weighted by Crippen LogP contribution is -2.41. The van der Waals surface area contributed by atoms with E-state index in [1.165, 1.54) is 0 Å². The number of amides is 3. The predicted octanol–water partition coefficient (Wildman–Crippen LogP) is 3.44. The normalized spacial score (nSPS) is 11.5. The van der Waals surface area contributed by atoms with Crippen LogP contribution in [-0.4, -0.2) is 25.0 Å². The Labute approximate surface area is 152 Å². The standard InChI is InChI=1S/C19H22ClN3O2/c1-13-6-8-15(9-7-13)18(24)21-10-11-22-19(25)23-14(2)16-4-3-5-17(20)12-16/h3-9,12,14H,10-11H2,1-2H3,(H,21,24)(H2,22,23,25). The number of aryl methyl sites for hydroxylation is 1. The third kappa shape index (κ3) is 6.12. The van der Waals surface area contributed by atoms with Gasteiger partial charge < -0.3 is 16.0 Å². The number of hydrogen-bond donors (Lipinski definition) is 3. The number of carbonyl (C=O) groups is 2. The van der Waals surface area contributed by atoms with Crippen LogP contribution in [-0.2, 0) is 0 Å². The minimum Gasteiger partial charge on any atom is -0.350 e. The van der Waals surface area contributed by atoms with Gasteiger partial charge in [-0.05, 0) is 43.7 Å². The van der Waals surface area contributed by atoms with Crippen LogP contribution in [0.2, 0.25) is 5.02 Å². The van der Waals surface area contributed by atoms with Crippen LogP contribution in [0.25, 0.3) is 0 Å². The Morgan fingerprint density at radius 1 is 1.04 bits per heavy atom. The van der Waals surface area contributed by atoms with Crippen molar-refractivity contribution in [3.63, 3.8) is 0 Å². The fourth-order valence-electron chi connectivity index (χ4n) is 2.27. The average Bonchev–Trinajstić information content (AvgIpc) is 2.59. The molecule has 0 aliphatic carbocycles. The van der Waals surface area contributed by atoms with Crippen molar-refractivity contribution < 1.29 is 9.59 Å². The Morgan fingerprint density at radius 3 is 2.40 bits per heavy atom. The first kappa shape index (κ1) is 18.8. The summed E-state index contributed by atoms with van der Waals surface area (Å²) in [5, 5.41) is 8.94. The van der Waals surface area contributed by atoms with Crippen LogP contribution in [0.3, 0.4) is 0 Å². The van der Waals surface area contributed by atoms with Gasteiger partial charge in [-0.3, -0.25) is 4.79 Å². The third-order valence-electron chi connectivity index (χ3n) is 3.71. The molecule has 0 fully saturated rings. The first-order chi connectivity index (χ1) is 12.0. The van der Waals surface area contributed by atoms with Gasteiger partial charge in [0.05, 0.1) is 6.04 Å². The molecule has 0 spiro atoms. The molecular formula is C19H22ClN3O2. The van der Waals surface area contributed by atoms with E-state index in [1.54, 1.807) is 18.2 Å². The number of halogens is 1. The average molecular weight is 360 g/mol. The highest BCUT2D eigenvalue weighted by Gasteiger charge is 2.09. The second-order valence-corrected chi connectivity index (χ2v) is 6.24. The van der Waals surface area contributed by atoms with Gasteiger partial charge in [-0.1, -0.05) is 41.4 Å². The first-order valence-corrected chi connectivity index (χ1v) is 8.48. The molecule has 3 N–H and O–H groups in total. The zero-order chi connectivity index (χ0) is 18.2. The zero-order valence-corrected chi connectivity index (χ0v) is 15.1. The summed E-state index contributed by atoms with van der Waals surface area (Å²) in [6.45, 7) is 4.54. The van der Waals surface area contributed by atoms with E-state index in [0.717, 1.165) is 11.1 Å². The van der Waals surface area contributed by atoms with Crippen molar-refractivity contribution in [1.82, 2.24) is 16.0 Å². The van der Waals surface area contributed by atoms with Gasteiger partial charge in [-0.25, -0.2) is 4.79 Å². The maximum absolute atomic E-state index is 11.9. The molecule has 6 heteroatoms. The zero-order valence-electron chi connectivity index (χ0n) is 14.3. The molecule has 0 heterocycles. The second-order valence-electron chi connectivity index (χ2n) is 5.80. The molecule has 0 aliphatic rings. The minimum atomic E-state index is -0.294. The summed E-state index contributed by atoms with van der Waals surface area (Å²) < 4.78 is 0. The lowest BCUT2D eigenvalue weighted by atomic mass is 10.1. The van der Waals surface area contributed by atoms with Crippen molar-refractivity contribution in [2.75, 3.05) is 13.1 Å². The second kappa shape index (κ2) is 9.08. The molecule has 2 rings (SSSR count). The Kier molecular flexibility index (Phi) is 6.83. The highest BCUT2D eigenvalue weighted by atomic mass is 35.5. The molecule has 0 aromatic heterocycles. The van der Waals surface area contributed by atoms with E-state index in [9.17, 15) is 9.59 Å². The summed E-state index contributed by atoms with van der Waals surface area (Å²) in [7, 11) is 0. The van der Waals surface area contributed by atoms with Crippen LogP contribution in [0.1, 0.15) is 34.5 Å². The number of rotatable bonds is 6. The number of carbonyl (C=O) groups excluding carboxylic acids is 2. The van der Waals surface area contributed by atoms with E-state index in [1.807, 2.05) is 44.2 Å². The van der Waals surface area contributed by atoms with E-state index in [2.05, 4.69) is 16.0 Å². The van der Waals surface area contributed by atoms with Crippen LogP contribution in [0, 0.1) is 6.92 Å². The third-order valence-corrected chi connectivity index (χ3v) is 3.94. The molecule has 1 atom stereocenters. The molecule has 0 saturated carbocycles. The predicted molar refractivity (Wildman–Crippen MR) is 99.9 cm³/mol. The smallest absolute Gasteiger partial charge is 0.315 e. The first-order valence-electron chi connectivity index (χ1n) is 8.10. The molecular weight excluding hydrogens is 338 g/mol. The summed E-state index contributed by atoms with van der Waals surface area (Å²) in [6.07, 6.45) is 0. The highest BCUT2D eigenvalue weighted by Crippen LogP contribution is 2.17. The summed E-state index contributed by atoms with van der Waals surface area (Å²) >= 11 is 5.95. The Hall–Kier alpha value is -2.53. The van der Waals surface area contributed by atoms with Gasteiger partial charge in [0.1, 0.15) is 0 Å². The monoisotopic (exact) mass is 359 g/mol. The number of nitrogens with one attached hydrogen (secondary N) is 3. The van der Waals surface area contributed by atoms with E-state index >= 15 is 0 Å². The Bertz CT molecular complexity index is 732. The van der Waals surface area contributed by atoms with Gasteiger partial charge in [-0.15, -0.1) is 0 Å². The summed E-state index contributed by atoms with van der Waals surface area (Å²) in [5.41, 5.74) is 2.63. The molecule has 1 unspecified atom stereocenters. The van der Waals surface area contributed by atoms with E-state index < -0.39 is 0 Å². The topological polar surface area (TPSA) is 70.2 Å². The van der Waals surface area contributed by atoms with Crippen LogP contribution in [0.15, 0.2) is 48.5 Å². The maximum atomic E-state index is 11.9. The van der Waals surface area contributed by atoms with Crippen LogP contribution in [0.5, 0.6) is 0 Å². The molecule has 2 aromatic carbocycles. The van der Waals surface area contributed by atoms with E-state index in [-0.39, 0.29) is 18.0 Å². The summed E-state index contributed by atoms with van der Waals surface area (Å²) in [5.74, 6) is -0.158. The quantitative estimate of drug-likeness (QED) is 0.691. The van der Waals surface area contributed by atoms with Crippen molar-refractivity contribution >= 4 is 23.5 Å². The summed E-state index contributed by atoms with van der Waals surface area (Å²) in [4.78, 5) is 23.8. The van der Waals surface area contributed by atoms with E-state index in [4.69, 9.17) is 11.6 Å². The van der Waals surface area contributed by atoms with Crippen LogP contribution >= 0.6 is 11.6 Å². The Balaban J connectivity index is 1.70. The van der Waals surface area contributed by atoms with Crippen molar-refractivity contribution in [2.45, 2.75) is 19.9 Å². The van der Waals surface area contributed by atoms with Crippen molar-refractivity contribution in [1.29, 1.82) is 0 Å². The Morgan fingerprint density at radius 2 is 1.72 bits per heavy atom.